The average molecular weight is 322 g/mol. The summed E-state index contributed by atoms with van der Waals surface area (Å²) in [5, 5.41) is 3.89. The highest BCUT2D eigenvalue weighted by atomic mass is 35.5. The Kier molecular flexibility index (Phi) is 4.58. The molecule has 110 valence electrons. The topological polar surface area (TPSA) is 30.5 Å². The van der Waals surface area contributed by atoms with Crippen molar-refractivity contribution in [2.75, 3.05) is 20.3 Å². The Hall–Kier alpha value is -1.36. The van der Waals surface area contributed by atoms with Crippen LogP contribution in [-0.2, 0) is 6.54 Å². The van der Waals surface area contributed by atoms with E-state index in [-0.39, 0.29) is 0 Å². The van der Waals surface area contributed by atoms with E-state index in [1.54, 1.807) is 11.8 Å². The molecule has 2 aromatic rings. The Morgan fingerprint density at radius 1 is 1.05 bits per heavy atom. The van der Waals surface area contributed by atoms with Gasteiger partial charge in [-0.15, -0.1) is 0 Å². The van der Waals surface area contributed by atoms with Crippen LogP contribution in [0.3, 0.4) is 0 Å². The first-order chi connectivity index (χ1) is 10.3. The van der Waals surface area contributed by atoms with Crippen LogP contribution in [0.5, 0.6) is 11.5 Å². The van der Waals surface area contributed by atoms with Crippen LogP contribution in [0, 0.1) is 0 Å². The van der Waals surface area contributed by atoms with E-state index in [1.165, 1.54) is 0 Å². The summed E-state index contributed by atoms with van der Waals surface area (Å²) in [6.45, 7) is 1.99. The summed E-state index contributed by atoms with van der Waals surface area (Å²) in [6.07, 6.45) is 0. The molecule has 0 saturated heterocycles. The number of hydrogen-bond acceptors (Lipinski definition) is 4. The minimum atomic E-state index is 0.603. The number of rotatable bonds is 4. The largest absolute Gasteiger partial charge is 0.486 e. The number of halogens is 1. The summed E-state index contributed by atoms with van der Waals surface area (Å²) in [5.74, 6) is 1.62. The van der Waals surface area contributed by atoms with E-state index in [0.29, 0.717) is 13.2 Å². The standard InChI is InChI=1S/C16H16ClNO2S/c1-18-10-11-2-3-12(8-14(11)17)21-13-4-5-15-16(9-13)20-7-6-19-15/h2-5,8-9,18H,6-7,10H2,1H3. The van der Waals surface area contributed by atoms with Crippen molar-refractivity contribution in [1.29, 1.82) is 0 Å². The highest BCUT2D eigenvalue weighted by molar-refractivity contribution is 7.99. The molecule has 2 aromatic carbocycles. The molecule has 0 aromatic heterocycles. The van der Waals surface area contributed by atoms with Crippen molar-refractivity contribution < 1.29 is 9.47 Å². The highest BCUT2D eigenvalue weighted by Gasteiger charge is 2.12. The highest BCUT2D eigenvalue weighted by Crippen LogP contribution is 2.37. The fourth-order valence-electron chi connectivity index (χ4n) is 2.15. The summed E-state index contributed by atoms with van der Waals surface area (Å²) < 4.78 is 11.1. The van der Waals surface area contributed by atoms with Crippen LogP contribution in [0.15, 0.2) is 46.2 Å². The molecular formula is C16H16ClNO2S. The lowest BCUT2D eigenvalue weighted by Crippen LogP contribution is -2.15. The summed E-state index contributed by atoms with van der Waals surface area (Å²) in [6, 6.07) is 12.1. The van der Waals surface area contributed by atoms with Crippen LogP contribution in [0.4, 0.5) is 0 Å². The lowest BCUT2D eigenvalue weighted by molar-refractivity contribution is 0.171. The zero-order chi connectivity index (χ0) is 14.7. The monoisotopic (exact) mass is 321 g/mol. The normalized spacial score (nSPS) is 13.2. The van der Waals surface area contributed by atoms with E-state index in [4.69, 9.17) is 21.1 Å². The molecule has 0 aliphatic carbocycles. The third-order valence-corrected chi connectivity index (χ3v) is 4.47. The molecule has 0 amide bonds. The van der Waals surface area contributed by atoms with Crippen molar-refractivity contribution in [3.05, 3.63) is 47.0 Å². The van der Waals surface area contributed by atoms with Crippen LogP contribution in [0.2, 0.25) is 5.02 Å². The average Bonchev–Trinajstić information content (AvgIpc) is 2.50. The fraction of sp³-hybridized carbons (Fsp3) is 0.250. The van der Waals surface area contributed by atoms with E-state index in [2.05, 4.69) is 17.4 Å². The van der Waals surface area contributed by atoms with Crippen molar-refractivity contribution >= 4 is 23.4 Å². The molecule has 3 nitrogen and oxygen atoms in total. The van der Waals surface area contributed by atoms with Crippen LogP contribution in [0.25, 0.3) is 0 Å². The molecule has 1 aliphatic rings. The molecule has 0 bridgehead atoms. The van der Waals surface area contributed by atoms with E-state index < -0.39 is 0 Å². The number of ether oxygens (including phenoxy) is 2. The van der Waals surface area contributed by atoms with Gasteiger partial charge in [0.25, 0.3) is 0 Å². The third-order valence-electron chi connectivity index (χ3n) is 3.14. The van der Waals surface area contributed by atoms with Crippen LogP contribution >= 0.6 is 23.4 Å². The van der Waals surface area contributed by atoms with E-state index >= 15 is 0 Å². The molecule has 0 fully saturated rings. The van der Waals surface area contributed by atoms with Crippen molar-refractivity contribution in [3.8, 4) is 11.5 Å². The van der Waals surface area contributed by atoms with Gasteiger partial charge in [-0.05, 0) is 42.9 Å². The molecule has 5 heteroatoms. The van der Waals surface area contributed by atoms with Gasteiger partial charge in [-0.1, -0.05) is 29.4 Å². The van der Waals surface area contributed by atoms with Crippen LogP contribution in [0.1, 0.15) is 5.56 Å². The van der Waals surface area contributed by atoms with Gasteiger partial charge in [-0.25, -0.2) is 0 Å². The molecule has 21 heavy (non-hydrogen) atoms. The zero-order valence-corrected chi connectivity index (χ0v) is 13.3. The van der Waals surface area contributed by atoms with Crippen molar-refractivity contribution in [3.63, 3.8) is 0 Å². The Morgan fingerprint density at radius 3 is 2.52 bits per heavy atom. The van der Waals surface area contributed by atoms with Gasteiger partial charge < -0.3 is 14.8 Å². The lowest BCUT2D eigenvalue weighted by Gasteiger charge is -2.18. The number of benzene rings is 2. The van der Waals surface area contributed by atoms with E-state index in [1.807, 2.05) is 31.3 Å². The van der Waals surface area contributed by atoms with Gasteiger partial charge in [0.2, 0.25) is 0 Å². The van der Waals surface area contributed by atoms with Gasteiger partial charge in [-0.3, -0.25) is 0 Å². The third kappa shape index (κ3) is 3.46. The van der Waals surface area contributed by atoms with Gasteiger partial charge in [0.1, 0.15) is 13.2 Å². The maximum absolute atomic E-state index is 6.29. The number of nitrogens with one attached hydrogen (secondary N) is 1. The first-order valence-corrected chi connectivity index (χ1v) is 7.96. The number of fused-ring (bicyclic) bond motifs is 1. The second-order valence-corrected chi connectivity index (χ2v) is 6.25. The Balaban J connectivity index is 1.78. The molecule has 0 radical (unpaired) electrons. The van der Waals surface area contributed by atoms with Crippen molar-refractivity contribution in [2.24, 2.45) is 0 Å². The van der Waals surface area contributed by atoms with E-state index in [0.717, 1.165) is 38.4 Å². The predicted molar refractivity (Wildman–Crippen MR) is 85.8 cm³/mol. The SMILES string of the molecule is CNCc1ccc(Sc2ccc3c(c2)OCCO3)cc1Cl. The first-order valence-electron chi connectivity index (χ1n) is 6.77. The fourth-order valence-corrected chi connectivity index (χ4v) is 3.35. The molecule has 1 heterocycles. The lowest BCUT2D eigenvalue weighted by atomic mass is 10.2. The second kappa shape index (κ2) is 6.60. The molecule has 0 unspecified atom stereocenters. The quantitative estimate of drug-likeness (QED) is 0.922. The summed E-state index contributed by atoms with van der Waals surface area (Å²) in [5.41, 5.74) is 1.10. The van der Waals surface area contributed by atoms with Gasteiger partial charge in [0, 0.05) is 21.4 Å². The van der Waals surface area contributed by atoms with Gasteiger partial charge in [-0.2, -0.15) is 0 Å². The molecule has 1 aliphatic heterocycles. The Morgan fingerprint density at radius 2 is 1.76 bits per heavy atom. The summed E-state index contributed by atoms with van der Waals surface area (Å²) in [4.78, 5) is 2.22. The molecular weight excluding hydrogens is 306 g/mol. The van der Waals surface area contributed by atoms with Crippen molar-refractivity contribution in [1.82, 2.24) is 5.32 Å². The van der Waals surface area contributed by atoms with Crippen molar-refractivity contribution in [2.45, 2.75) is 16.3 Å². The molecule has 0 saturated carbocycles. The van der Waals surface area contributed by atoms with Crippen LogP contribution in [-0.4, -0.2) is 20.3 Å². The first kappa shape index (κ1) is 14.6. The molecule has 0 atom stereocenters. The predicted octanol–water partition coefficient (Wildman–Crippen LogP) is 3.98. The maximum Gasteiger partial charge on any atom is 0.162 e. The summed E-state index contributed by atoms with van der Waals surface area (Å²) in [7, 11) is 1.91. The van der Waals surface area contributed by atoms with E-state index in [9.17, 15) is 0 Å². The summed E-state index contributed by atoms with van der Waals surface area (Å²) >= 11 is 7.95. The van der Waals surface area contributed by atoms with Gasteiger partial charge in [0.15, 0.2) is 11.5 Å². The smallest absolute Gasteiger partial charge is 0.162 e. The molecule has 3 rings (SSSR count). The Labute approximate surface area is 133 Å². The zero-order valence-electron chi connectivity index (χ0n) is 11.7. The van der Waals surface area contributed by atoms with Gasteiger partial charge in [0.05, 0.1) is 0 Å². The van der Waals surface area contributed by atoms with Gasteiger partial charge >= 0.3 is 0 Å². The minimum Gasteiger partial charge on any atom is -0.486 e. The van der Waals surface area contributed by atoms with Crippen LogP contribution < -0.4 is 14.8 Å². The maximum atomic E-state index is 6.29. The molecule has 1 N–H and O–H groups in total. The minimum absolute atomic E-state index is 0.603. The Bertz CT molecular complexity index is 648. The number of hydrogen-bond donors (Lipinski definition) is 1. The second-order valence-electron chi connectivity index (χ2n) is 4.69. The molecule has 0 spiro atoms.